The van der Waals surface area contributed by atoms with Crippen LogP contribution in [-0.4, -0.2) is 47.8 Å². The minimum absolute atomic E-state index is 0.0402. The second-order valence-electron chi connectivity index (χ2n) is 11.3. The number of aromatic nitrogens is 1. The van der Waals surface area contributed by atoms with E-state index in [4.69, 9.17) is 15.2 Å². The summed E-state index contributed by atoms with van der Waals surface area (Å²) >= 11 is 0. The van der Waals surface area contributed by atoms with Crippen molar-refractivity contribution in [1.29, 1.82) is 0 Å². The number of nitrogens with one attached hydrogen (secondary N) is 1. The predicted molar refractivity (Wildman–Crippen MR) is 145 cm³/mol. The monoisotopic (exact) mass is 512 g/mol. The fourth-order valence-corrected chi connectivity index (χ4v) is 5.45. The molecule has 0 unspecified atom stereocenters. The normalized spacial score (nSPS) is 20.1. The van der Waals surface area contributed by atoms with Crippen LogP contribution in [0, 0.1) is 12.8 Å². The number of nitrogens with two attached hydrogens (primary N) is 1. The Morgan fingerprint density at radius 1 is 1.19 bits per heavy atom. The molecule has 37 heavy (non-hydrogen) atoms. The largest absolute Gasteiger partial charge is 0.462 e. The molecule has 2 atom stereocenters. The summed E-state index contributed by atoms with van der Waals surface area (Å²) in [5.74, 6) is 0.0484. The first-order chi connectivity index (χ1) is 17.4. The fraction of sp³-hybridized carbons (Fsp3) is 0.607. The lowest BCUT2D eigenvalue weighted by Gasteiger charge is -2.40. The maximum absolute atomic E-state index is 13.3. The molecule has 0 spiro atoms. The first-order valence-electron chi connectivity index (χ1n) is 13.3. The Hall–Kier alpha value is -3.23. The number of ether oxygens (including phenoxy) is 2. The van der Waals surface area contributed by atoms with Crippen LogP contribution in [0.15, 0.2) is 17.1 Å². The zero-order chi connectivity index (χ0) is 27.1. The van der Waals surface area contributed by atoms with Gasteiger partial charge in [-0.05, 0) is 82.9 Å². The van der Waals surface area contributed by atoms with Crippen LogP contribution in [0.1, 0.15) is 87.7 Å². The number of rotatable bonds is 6. The van der Waals surface area contributed by atoms with Crippen molar-refractivity contribution in [2.24, 2.45) is 5.92 Å². The lowest BCUT2D eigenvalue weighted by molar-refractivity contribution is 0.0490. The molecule has 3 N–H and O–H groups in total. The van der Waals surface area contributed by atoms with Crippen LogP contribution in [-0.2, 0) is 9.47 Å². The predicted octanol–water partition coefficient (Wildman–Crippen LogP) is 4.37. The number of aryl methyl sites for hydroxylation is 1. The van der Waals surface area contributed by atoms with Crippen molar-refractivity contribution in [3.63, 3.8) is 0 Å². The van der Waals surface area contributed by atoms with Gasteiger partial charge in [-0.25, -0.2) is 9.59 Å². The van der Waals surface area contributed by atoms with Gasteiger partial charge in [0.15, 0.2) is 0 Å². The maximum Gasteiger partial charge on any atom is 0.407 e. The number of nitrogen functional groups attached to an aromatic ring is 1. The molecule has 0 bridgehead atoms. The van der Waals surface area contributed by atoms with Gasteiger partial charge in [0.25, 0.3) is 5.56 Å². The molecule has 0 aromatic carbocycles. The third kappa shape index (κ3) is 5.70. The van der Waals surface area contributed by atoms with E-state index in [9.17, 15) is 14.4 Å². The molecule has 1 aliphatic carbocycles. The van der Waals surface area contributed by atoms with Crippen molar-refractivity contribution < 1.29 is 19.1 Å². The number of hydrogen-bond acceptors (Lipinski definition) is 7. The summed E-state index contributed by atoms with van der Waals surface area (Å²) in [5.41, 5.74) is 9.67. The molecular formula is C28H40N4O5. The van der Waals surface area contributed by atoms with E-state index < -0.39 is 23.2 Å². The Bertz CT molecular complexity index is 1260. The van der Waals surface area contributed by atoms with Crippen molar-refractivity contribution in [3.8, 4) is 0 Å². The molecule has 3 heterocycles. The van der Waals surface area contributed by atoms with Crippen LogP contribution in [0.2, 0.25) is 0 Å². The summed E-state index contributed by atoms with van der Waals surface area (Å²) < 4.78 is 12.2. The summed E-state index contributed by atoms with van der Waals surface area (Å²) in [6.07, 6.45) is 5.06. The van der Waals surface area contributed by atoms with Crippen molar-refractivity contribution in [1.82, 2.24) is 9.72 Å². The van der Waals surface area contributed by atoms with Crippen molar-refractivity contribution in [2.45, 2.75) is 84.8 Å². The van der Waals surface area contributed by atoms with Crippen molar-refractivity contribution >= 4 is 29.0 Å². The highest BCUT2D eigenvalue weighted by Crippen LogP contribution is 2.44. The van der Waals surface area contributed by atoms with Crippen molar-refractivity contribution in [3.05, 3.63) is 39.3 Å². The van der Waals surface area contributed by atoms with Crippen LogP contribution >= 0.6 is 0 Å². The number of alkyl carbamates (subject to hydrolysis) is 1. The summed E-state index contributed by atoms with van der Waals surface area (Å²) in [6.45, 7) is 13.0. The number of pyridine rings is 2. The van der Waals surface area contributed by atoms with E-state index in [0.29, 0.717) is 24.1 Å². The summed E-state index contributed by atoms with van der Waals surface area (Å²) in [7, 11) is 0. The molecule has 202 valence electrons. The highest BCUT2D eigenvalue weighted by molar-refractivity contribution is 5.91. The molecule has 1 saturated carbocycles. The van der Waals surface area contributed by atoms with Gasteiger partial charge >= 0.3 is 12.1 Å². The van der Waals surface area contributed by atoms with E-state index in [-0.39, 0.29) is 18.2 Å². The SMILES string of the molecule is CCOC(=O)c1cc(C2CC2)c2c(C)c(N3C[C@@H](CC)C[C@H](NC(=O)OC(C)(C)C)C3)c(N)cn2c1=O. The third-order valence-electron chi connectivity index (χ3n) is 7.18. The molecule has 2 fully saturated rings. The highest BCUT2D eigenvalue weighted by Gasteiger charge is 2.33. The van der Waals surface area contributed by atoms with E-state index in [1.165, 1.54) is 4.40 Å². The van der Waals surface area contributed by atoms with Gasteiger partial charge in [-0.1, -0.05) is 13.3 Å². The minimum Gasteiger partial charge on any atom is -0.462 e. The average Bonchev–Trinajstić information content (AvgIpc) is 3.63. The average molecular weight is 513 g/mol. The molecule has 2 aromatic heterocycles. The Balaban J connectivity index is 1.76. The zero-order valence-electron chi connectivity index (χ0n) is 22.8. The Morgan fingerprint density at radius 2 is 1.89 bits per heavy atom. The van der Waals surface area contributed by atoms with E-state index >= 15 is 0 Å². The molecule has 4 rings (SSSR count). The topological polar surface area (TPSA) is 115 Å². The second-order valence-corrected chi connectivity index (χ2v) is 11.3. The number of piperidine rings is 1. The summed E-state index contributed by atoms with van der Waals surface area (Å²) in [4.78, 5) is 40.6. The molecule has 1 amide bonds. The molecular weight excluding hydrogens is 472 g/mol. The van der Waals surface area contributed by atoms with Crippen LogP contribution < -0.4 is 21.5 Å². The molecule has 2 aromatic rings. The number of esters is 1. The molecule has 1 saturated heterocycles. The number of carbonyl (C=O) groups is 2. The lowest BCUT2D eigenvalue weighted by atomic mass is 9.91. The van der Waals surface area contributed by atoms with E-state index in [1.807, 2.05) is 27.7 Å². The molecule has 0 radical (unpaired) electrons. The Labute approximate surface area is 218 Å². The van der Waals surface area contributed by atoms with E-state index in [0.717, 1.165) is 54.6 Å². The van der Waals surface area contributed by atoms with E-state index in [2.05, 4.69) is 17.1 Å². The molecule has 9 nitrogen and oxygen atoms in total. The zero-order valence-corrected chi connectivity index (χ0v) is 22.8. The smallest absolute Gasteiger partial charge is 0.407 e. The summed E-state index contributed by atoms with van der Waals surface area (Å²) in [5, 5.41) is 3.05. The third-order valence-corrected chi connectivity index (χ3v) is 7.18. The number of hydrogen-bond donors (Lipinski definition) is 2. The number of amides is 1. The first-order valence-corrected chi connectivity index (χ1v) is 13.3. The van der Waals surface area contributed by atoms with Gasteiger partial charge in [-0.2, -0.15) is 0 Å². The summed E-state index contributed by atoms with van der Waals surface area (Å²) in [6, 6.07) is 1.62. The minimum atomic E-state index is -0.609. The van der Waals surface area contributed by atoms with Crippen LogP contribution in [0.4, 0.5) is 16.2 Å². The lowest BCUT2D eigenvalue weighted by Crippen LogP contribution is -2.52. The van der Waals surface area contributed by atoms with Gasteiger partial charge < -0.3 is 25.4 Å². The van der Waals surface area contributed by atoms with Crippen LogP contribution in [0.5, 0.6) is 0 Å². The van der Waals surface area contributed by atoms with Crippen LogP contribution in [0.3, 0.4) is 0 Å². The number of anilines is 2. The quantitative estimate of drug-likeness (QED) is 0.552. The number of nitrogens with zero attached hydrogens (tertiary/aromatic N) is 2. The maximum atomic E-state index is 13.3. The second kappa shape index (κ2) is 10.3. The molecule has 1 aliphatic heterocycles. The van der Waals surface area contributed by atoms with Gasteiger partial charge in [0.05, 0.1) is 29.5 Å². The fourth-order valence-electron chi connectivity index (χ4n) is 5.45. The molecule has 2 aliphatic rings. The Morgan fingerprint density at radius 3 is 2.49 bits per heavy atom. The van der Waals surface area contributed by atoms with Crippen LogP contribution in [0.25, 0.3) is 5.52 Å². The van der Waals surface area contributed by atoms with Gasteiger partial charge in [0, 0.05) is 19.3 Å². The highest BCUT2D eigenvalue weighted by atomic mass is 16.6. The molecule has 9 heteroatoms. The van der Waals surface area contributed by atoms with Gasteiger partial charge in [-0.15, -0.1) is 0 Å². The number of fused-ring (bicyclic) bond motifs is 1. The van der Waals surface area contributed by atoms with Gasteiger partial charge in [0.1, 0.15) is 11.2 Å². The number of carbonyl (C=O) groups excluding carboxylic acids is 2. The standard InChI is InChI=1S/C28H40N4O5/c1-7-17-11-19(30-27(35)37-28(4,5)6)14-31(13-17)24-16(3)23-20(18-9-10-18)12-21(26(34)36-8-2)25(33)32(23)15-22(24)29/h12,15,17-19H,7-11,13-14,29H2,1-6H3,(H,30,35)/t17-,19-/m0/s1. The van der Waals surface area contributed by atoms with Gasteiger partial charge in [-0.3, -0.25) is 9.20 Å². The Kier molecular flexibility index (Phi) is 7.44. The van der Waals surface area contributed by atoms with Crippen molar-refractivity contribution in [2.75, 3.05) is 30.3 Å². The first kappa shape index (κ1) is 26.8. The van der Waals surface area contributed by atoms with E-state index in [1.54, 1.807) is 19.2 Å². The van der Waals surface area contributed by atoms with Gasteiger partial charge in [0.2, 0.25) is 0 Å².